The molecule has 0 aliphatic carbocycles. The second-order valence-corrected chi connectivity index (χ2v) is 11.5. The van der Waals surface area contributed by atoms with Gasteiger partial charge in [0.1, 0.15) is 0 Å². The fourth-order valence-corrected chi connectivity index (χ4v) is 7.02. The van der Waals surface area contributed by atoms with Crippen molar-refractivity contribution >= 4 is 38.8 Å². The Morgan fingerprint density at radius 2 is 2.28 bits per heavy atom. The molecule has 2 aliphatic heterocycles. The summed E-state index contributed by atoms with van der Waals surface area (Å²) in [5.74, 6) is 1.10. The second-order valence-electron chi connectivity index (χ2n) is 7.38. The zero-order valence-corrected chi connectivity index (χ0v) is 18.6. The molecule has 2 aromatic rings. The van der Waals surface area contributed by atoms with E-state index < -0.39 is 9.84 Å². The summed E-state index contributed by atoms with van der Waals surface area (Å²) in [5.41, 5.74) is 0. The highest BCUT2D eigenvalue weighted by atomic mass is 32.2. The number of carbonyl (C=O) groups is 1. The Kier molecular flexibility index (Phi) is 6.28. The molecule has 4 rings (SSSR count). The molecule has 0 bridgehead atoms. The van der Waals surface area contributed by atoms with E-state index in [9.17, 15) is 13.2 Å². The Morgan fingerprint density at radius 3 is 2.93 bits per heavy atom. The molecule has 2 aromatic heterocycles. The fraction of sp³-hybridized carbons (Fsp3) is 0.611. The average molecular weight is 457 g/mol. The van der Waals surface area contributed by atoms with Crippen molar-refractivity contribution in [2.24, 2.45) is 0 Å². The first kappa shape index (κ1) is 20.8. The molecule has 2 fully saturated rings. The van der Waals surface area contributed by atoms with Crippen molar-refractivity contribution in [1.29, 1.82) is 0 Å². The number of aromatic nitrogens is 3. The van der Waals surface area contributed by atoms with Gasteiger partial charge in [0.15, 0.2) is 20.8 Å². The third kappa shape index (κ3) is 4.84. The summed E-state index contributed by atoms with van der Waals surface area (Å²) < 4.78 is 31.2. The number of carbonyl (C=O) groups excluding carboxylic acids is 1. The van der Waals surface area contributed by atoms with Crippen LogP contribution in [0.5, 0.6) is 0 Å². The molecule has 0 saturated carbocycles. The first-order valence-electron chi connectivity index (χ1n) is 9.60. The number of hydrogen-bond acceptors (Lipinski definition) is 8. The van der Waals surface area contributed by atoms with E-state index >= 15 is 0 Å². The van der Waals surface area contributed by atoms with Crippen molar-refractivity contribution in [2.75, 3.05) is 30.9 Å². The second kappa shape index (κ2) is 8.75. The molecule has 4 heterocycles. The Labute approximate surface area is 178 Å². The highest BCUT2D eigenvalue weighted by Gasteiger charge is 2.33. The molecule has 2 aliphatic rings. The van der Waals surface area contributed by atoms with Crippen LogP contribution >= 0.6 is 23.1 Å². The van der Waals surface area contributed by atoms with E-state index in [0.717, 1.165) is 30.2 Å². The van der Waals surface area contributed by atoms with E-state index in [-0.39, 0.29) is 35.3 Å². The molecular weight excluding hydrogens is 432 g/mol. The third-order valence-electron chi connectivity index (χ3n) is 5.34. The van der Waals surface area contributed by atoms with E-state index in [1.165, 1.54) is 11.8 Å². The van der Waals surface area contributed by atoms with Gasteiger partial charge in [0.25, 0.3) is 0 Å². The van der Waals surface area contributed by atoms with Gasteiger partial charge in [-0.3, -0.25) is 9.36 Å². The average Bonchev–Trinajstić information content (AvgIpc) is 3.47. The molecule has 0 radical (unpaired) electrons. The molecule has 8 nitrogen and oxygen atoms in total. The van der Waals surface area contributed by atoms with Gasteiger partial charge in [0.2, 0.25) is 5.91 Å². The van der Waals surface area contributed by atoms with E-state index in [1.54, 1.807) is 23.3 Å². The lowest BCUT2D eigenvalue weighted by atomic mass is 10.2. The lowest BCUT2D eigenvalue weighted by Gasteiger charge is -2.23. The van der Waals surface area contributed by atoms with Gasteiger partial charge in [-0.15, -0.1) is 21.5 Å². The predicted molar refractivity (Wildman–Crippen MR) is 113 cm³/mol. The van der Waals surface area contributed by atoms with Crippen LogP contribution in [0, 0.1) is 0 Å². The van der Waals surface area contributed by atoms with Gasteiger partial charge in [0, 0.05) is 19.7 Å². The number of rotatable bonds is 7. The highest BCUT2D eigenvalue weighted by Crippen LogP contribution is 2.29. The molecule has 2 atom stereocenters. The van der Waals surface area contributed by atoms with Gasteiger partial charge in [-0.05, 0) is 30.7 Å². The molecule has 0 N–H and O–H groups in total. The van der Waals surface area contributed by atoms with Crippen LogP contribution in [0.1, 0.15) is 19.3 Å². The van der Waals surface area contributed by atoms with Crippen molar-refractivity contribution in [3.63, 3.8) is 0 Å². The maximum atomic E-state index is 12.6. The number of nitrogens with zero attached hydrogens (tertiary/aromatic N) is 4. The zero-order valence-electron chi connectivity index (χ0n) is 16.2. The normalized spacial score (nSPS) is 23.5. The van der Waals surface area contributed by atoms with Crippen molar-refractivity contribution in [3.05, 3.63) is 17.5 Å². The summed E-state index contributed by atoms with van der Waals surface area (Å²) in [7, 11) is -1.34. The Bertz CT molecular complexity index is 952. The molecular formula is C18H24N4O4S3. The van der Waals surface area contributed by atoms with Crippen LogP contribution < -0.4 is 0 Å². The van der Waals surface area contributed by atoms with E-state index in [2.05, 4.69) is 10.2 Å². The number of hydrogen-bond donors (Lipinski definition) is 0. The Hall–Kier alpha value is -1.43. The van der Waals surface area contributed by atoms with Gasteiger partial charge in [-0.1, -0.05) is 17.8 Å². The molecule has 158 valence electrons. The quantitative estimate of drug-likeness (QED) is 0.588. The summed E-state index contributed by atoms with van der Waals surface area (Å²) in [6.45, 7) is 1.44. The number of sulfone groups is 1. The number of thioether (sulfide) groups is 1. The van der Waals surface area contributed by atoms with Crippen LogP contribution in [0.2, 0.25) is 0 Å². The molecule has 11 heteroatoms. The van der Waals surface area contributed by atoms with E-state index in [4.69, 9.17) is 4.74 Å². The van der Waals surface area contributed by atoms with Crippen LogP contribution in [-0.2, 0) is 25.9 Å². The molecule has 2 saturated heterocycles. The highest BCUT2D eigenvalue weighted by molar-refractivity contribution is 7.99. The topological polar surface area (TPSA) is 94.4 Å². The predicted octanol–water partition coefficient (Wildman–Crippen LogP) is 1.92. The van der Waals surface area contributed by atoms with Crippen LogP contribution in [0.4, 0.5) is 0 Å². The smallest absolute Gasteiger partial charge is 0.233 e. The first-order chi connectivity index (χ1) is 13.9. The maximum Gasteiger partial charge on any atom is 0.233 e. The SMILES string of the molecule is CN(C(=O)CSc1nnc(-c2cccs2)n1CC1CCCO1)C1CCS(=O)(=O)C1. The molecule has 0 aromatic carbocycles. The first-order valence-corrected chi connectivity index (χ1v) is 13.3. The van der Waals surface area contributed by atoms with E-state index in [1.807, 2.05) is 22.1 Å². The number of ether oxygens (including phenoxy) is 1. The molecule has 29 heavy (non-hydrogen) atoms. The summed E-state index contributed by atoms with van der Waals surface area (Å²) in [6, 6.07) is 3.75. The van der Waals surface area contributed by atoms with Crippen LogP contribution in [-0.4, -0.2) is 77.0 Å². The van der Waals surface area contributed by atoms with Crippen LogP contribution in [0.15, 0.2) is 22.7 Å². The summed E-state index contributed by atoms with van der Waals surface area (Å²) in [4.78, 5) is 15.2. The lowest BCUT2D eigenvalue weighted by Crippen LogP contribution is -2.38. The van der Waals surface area contributed by atoms with Gasteiger partial charge < -0.3 is 9.64 Å². The fourth-order valence-electron chi connectivity index (χ4n) is 3.65. The van der Waals surface area contributed by atoms with Crippen molar-refractivity contribution in [1.82, 2.24) is 19.7 Å². The largest absolute Gasteiger partial charge is 0.376 e. The standard InChI is InChI=1S/C18H24N4O4S3/c1-21(13-6-9-29(24,25)12-13)16(23)11-28-18-20-19-17(15-5-3-8-27-15)22(18)10-14-4-2-7-26-14/h3,5,8,13-14H,2,4,6-7,9-12H2,1H3. The molecule has 2 unspecified atom stereocenters. The molecule has 0 spiro atoms. The summed E-state index contributed by atoms with van der Waals surface area (Å²) in [5, 5.41) is 11.4. The Morgan fingerprint density at radius 1 is 1.41 bits per heavy atom. The number of amides is 1. The Balaban J connectivity index is 1.45. The third-order valence-corrected chi connectivity index (χ3v) is 8.91. The van der Waals surface area contributed by atoms with Crippen molar-refractivity contribution in [3.8, 4) is 10.7 Å². The van der Waals surface area contributed by atoms with Gasteiger partial charge >= 0.3 is 0 Å². The zero-order chi connectivity index (χ0) is 20.4. The summed E-state index contributed by atoms with van der Waals surface area (Å²) in [6.07, 6.45) is 2.69. The minimum Gasteiger partial charge on any atom is -0.376 e. The molecule has 1 amide bonds. The van der Waals surface area contributed by atoms with Crippen LogP contribution in [0.25, 0.3) is 10.7 Å². The maximum absolute atomic E-state index is 12.6. The van der Waals surface area contributed by atoms with Crippen molar-refractivity contribution in [2.45, 2.75) is 43.1 Å². The van der Waals surface area contributed by atoms with E-state index in [0.29, 0.717) is 18.1 Å². The van der Waals surface area contributed by atoms with Gasteiger partial charge in [-0.2, -0.15) is 0 Å². The van der Waals surface area contributed by atoms with Crippen LogP contribution in [0.3, 0.4) is 0 Å². The number of thiophene rings is 1. The minimum atomic E-state index is -3.02. The van der Waals surface area contributed by atoms with Gasteiger partial charge in [0.05, 0.1) is 34.8 Å². The lowest BCUT2D eigenvalue weighted by molar-refractivity contribution is -0.128. The van der Waals surface area contributed by atoms with Gasteiger partial charge in [-0.25, -0.2) is 8.42 Å². The van der Waals surface area contributed by atoms with Crippen molar-refractivity contribution < 1.29 is 17.9 Å². The summed E-state index contributed by atoms with van der Waals surface area (Å²) >= 11 is 2.94. The monoisotopic (exact) mass is 456 g/mol. The minimum absolute atomic E-state index is 0.0532.